The largest absolute Gasteiger partial charge is 0.454 e. The van der Waals surface area contributed by atoms with Gasteiger partial charge >= 0.3 is 5.97 Å². The molecule has 0 bridgehead atoms. The molecule has 0 heterocycles. The van der Waals surface area contributed by atoms with Crippen LogP contribution < -0.4 is 4.72 Å². The summed E-state index contributed by atoms with van der Waals surface area (Å²) in [6.45, 7) is 3.42. The van der Waals surface area contributed by atoms with Crippen LogP contribution in [0, 0.1) is 6.92 Å². The third-order valence-corrected chi connectivity index (χ3v) is 4.35. The Kier molecular flexibility index (Phi) is 6.15. The molecule has 2 aromatic carbocycles. The van der Waals surface area contributed by atoms with E-state index >= 15 is 0 Å². The fraction of sp³-hybridized carbons (Fsp3) is 0.263. The Hall–Kier alpha value is -2.67. The van der Waals surface area contributed by atoms with Gasteiger partial charge in [-0.3, -0.25) is 14.3 Å². The Morgan fingerprint density at radius 2 is 1.69 bits per heavy atom. The average Bonchev–Trinajstić information content (AvgIpc) is 2.55. The second kappa shape index (κ2) is 8.14. The van der Waals surface area contributed by atoms with Gasteiger partial charge in [0.15, 0.2) is 6.10 Å². The van der Waals surface area contributed by atoms with Crippen LogP contribution in [0.5, 0.6) is 0 Å². The van der Waals surface area contributed by atoms with Crippen molar-refractivity contribution in [2.45, 2.75) is 26.4 Å². The highest BCUT2D eigenvalue weighted by atomic mass is 32.2. The Bertz CT molecular complexity index is 904. The maximum Gasteiger partial charge on any atom is 0.310 e. The molecule has 6 nitrogen and oxygen atoms in total. The quantitative estimate of drug-likeness (QED) is 0.594. The summed E-state index contributed by atoms with van der Waals surface area (Å²) in [7, 11) is -3.38. The highest BCUT2D eigenvalue weighted by molar-refractivity contribution is 7.92. The third-order valence-electron chi connectivity index (χ3n) is 3.75. The Morgan fingerprint density at radius 3 is 2.27 bits per heavy atom. The molecule has 1 atom stereocenters. The van der Waals surface area contributed by atoms with E-state index in [9.17, 15) is 18.0 Å². The topological polar surface area (TPSA) is 89.5 Å². The molecule has 0 radical (unpaired) electrons. The molecule has 1 unspecified atom stereocenters. The van der Waals surface area contributed by atoms with Crippen molar-refractivity contribution in [1.29, 1.82) is 0 Å². The molecule has 7 heteroatoms. The number of anilines is 1. The molecule has 0 saturated carbocycles. The van der Waals surface area contributed by atoms with Crippen LogP contribution in [0.4, 0.5) is 5.69 Å². The van der Waals surface area contributed by atoms with Crippen molar-refractivity contribution in [1.82, 2.24) is 0 Å². The lowest BCUT2D eigenvalue weighted by molar-refractivity contribution is -0.145. The number of carbonyl (C=O) groups is 2. The molecule has 0 aliphatic carbocycles. The fourth-order valence-electron chi connectivity index (χ4n) is 2.41. The van der Waals surface area contributed by atoms with E-state index in [1.54, 1.807) is 0 Å². The number of aryl methyl sites for hydroxylation is 1. The van der Waals surface area contributed by atoms with Crippen LogP contribution in [0.3, 0.4) is 0 Å². The molecule has 0 aromatic heterocycles. The van der Waals surface area contributed by atoms with E-state index in [2.05, 4.69) is 4.72 Å². The van der Waals surface area contributed by atoms with Crippen molar-refractivity contribution in [3.8, 4) is 0 Å². The lowest BCUT2D eigenvalue weighted by Crippen LogP contribution is -2.25. The normalized spacial score (nSPS) is 12.3. The number of Topliss-reactive ketones (excluding diaryl/α,β-unsaturated/α-hetero) is 1. The predicted molar refractivity (Wildman–Crippen MR) is 99.7 cm³/mol. The number of rotatable bonds is 7. The standard InChI is InChI=1S/C19H21NO5S/c1-13-6-4-5-7-16(13)12-18(21)25-14(2)19(22)15-8-10-17(11-9-15)20-26(3,23)24/h4-11,14,20H,12H2,1-3H3. The first-order valence-electron chi connectivity index (χ1n) is 8.02. The van der Waals surface area contributed by atoms with Gasteiger partial charge in [-0.2, -0.15) is 0 Å². The summed E-state index contributed by atoms with van der Waals surface area (Å²) in [5, 5.41) is 0. The number of hydrogen-bond acceptors (Lipinski definition) is 5. The minimum atomic E-state index is -3.38. The minimum Gasteiger partial charge on any atom is -0.454 e. The number of ketones is 1. The summed E-state index contributed by atoms with van der Waals surface area (Å²) < 4.78 is 29.9. The van der Waals surface area contributed by atoms with Gasteiger partial charge in [-0.15, -0.1) is 0 Å². The first-order chi connectivity index (χ1) is 12.2. The van der Waals surface area contributed by atoms with Gasteiger partial charge < -0.3 is 4.74 Å². The van der Waals surface area contributed by atoms with Crippen LogP contribution in [0.1, 0.15) is 28.4 Å². The maximum absolute atomic E-state index is 12.4. The van der Waals surface area contributed by atoms with Gasteiger partial charge in [0.25, 0.3) is 0 Å². The SMILES string of the molecule is Cc1ccccc1CC(=O)OC(C)C(=O)c1ccc(NS(C)(=O)=O)cc1. The molecule has 0 amide bonds. The van der Waals surface area contributed by atoms with Crippen LogP contribution in [-0.2, 0) is 26.0 Å². The van der Waals surface area contributed by atoms with Crippen molar-refractivity contribution >= 4 is 27.5 Å². The monoisotopic (exact) mass is 375 g/mol. The van der Waals surface area contributed by atoms with Crippen LogP contribution in [0.15, 0.2) is 48.5 Å². The lowest BCUT2D eigenvalue weighted by atomic mass is 10.1. The third kappa shape index (κ3) is 5.70. The zero-order chi connectivity index (χ0) is 19.3. The van der Waals surface area contributed by atoms with E-state index in [1.165, 1.54) is 31.2 Å². The highest BCUT2D eigenvalue weighted by Crippen LogP contribution is 2.14. The van der Waals surface area contributed by atoms with E-state index in [-0.39, 0.29) is 12.2 Å². The van der Waals surface area contributed by atoms with E-state index in [0.717, 1.165) is 17.4 Å². The second-order valence-electron chi connectivity index (χ2n) is 6.05. The van der Waals surface area contributed by atoms with Crippen LogP contribution in [-0.4, -0.2) is 32.5 Å². The Morgan fingerprint density at radius 1 is 1.08 bits per heavy atom. The number of sulfonamides is 1. The number of nitrogens with one attached hydrogen (secondary N) is 1. The molecular formula is C19H21NO5S. The van der Waals surface area contributed by atoms with Gasteiger partial charge in [-0.1, -0.05) is 24.3 Å². The summed E-state index contributed by atoms with van der Waals surface area (Å²) in [4.78, 5) is 24.5. The summed E-state index contributed by atoms with van der Waals surface area (Å²) in [6.07, 6.45) is 0.212. The number of benzene rings is 2. The number of hydrogen-bond donors (Lipinski definition) is 1. The van der Waals surface area contributed by atoms with Gasteiger partial charge in [-0.05, 0) is 49.2 Å². The summed E-state index contributed by atoms with van der Waals surface area (Å²) in [5.74, 6) is -0.829. The van der Waals surface area contributed by atoms with Gasteiger partial charge in [-0.25, -0.2) is 8.42 Å². The Balaban J connectivity index is 1.98. The van der Waals surface area contributed by atoms with Crippen LogP contribution in [0.25, 0.3) is 0 Å². The number of esters is 1. The molecule has 0 fully saturated rings. The molecule has 1 N–H and O–H groups in total. The zero-order valence-electron chi connectivity index (χ0n) is 14.9. The van der Waals surface area contributed by atoms with Crippen molar-refractivity contribution in [3.63, 3.8) is 0 Å². The van der Waals surface area contributed by atoms with Crippen molar-refractivity contribution in [2.24, 2.45) is 0 Å². The highest BCUT2D eigenvalue weighted by Gasteiger charge is 2.20. The van der Waals surface area contributed by atoms with E-state index in [4.69, 9.17) is 4.74 Å². The molecular weight excluding hydrogens is 354 g/mol. The van der Waals surface area contributed by atoms with Gasteiger partial charge in [0.1, 0.15) is 0 Å². The fourth-order valence-corrected chi connectivity index (χ4v) is 2.97. The van der Waals surface area contributed by atoms with E-state index in [1.807, 2.05) is 31.2 Å². The molecule has 0 aliphatic rings. The summed E-state index contributed by atoms with van der Waals surface area (Å²) in [6, 6.07) is 13.4. The molecule has 138 valence electrons. The first-order valence-corrected chi connectivity index (χ1v) is 9.91. The molecule has 0 aliphatic heterocycles. The van der Waals surface area contributed by atoms with Crippen molar-refractivity contribution < 1.29 is 22.7 Å². The summed E-state index contributed by atoms with van der Waals surface area (Å²) in [5.41, 5.74) is 2.53. The van der Waals surface area contributed by atoms with Crippen LogP contribution >= 0.6 is 0 Å². The van der Waals surface area contributed by atoms with Crippen molar-refractivity contribution in [2.75, 3.05) is 11.0 Å². The van der Waals surface area contributed by atoms with Crippen molar-refractivity contribution in [3.05, 3.63) is 65.2 Å². The number of ether oxygens (including phenoxy) is 1. The smallest absolute Gasteiger partial charge is 0.310 e. The second-order valence-corrected chi connectivity index (χ2v) is 7.80. The van der Waals surface area contributed by atoms with Gasteiger partial charge in [0.2, 0.25) is 15.8 Å². The first kappa shape index (κ1) is 19.7. The maximum atomic E-state index is 12.4. The summed E-state index contributed by atoms with van der Waals surface area (Å²) >= 11 is 0. The van der Waals surface area contributed by atoms with Gasteiger partial charge in [0.05, 0.1) is 12.7 Å². The molecule has 0 spiro atoms. The molecule has 2 rings (SSSR count). The lowest BCUT2D eigenvalue weighted by Gasteiger charge is -2.13. The minimum absolute atomic E-state index is 0.0987. The number of carbonyl (C=O) groups excluding carboxylic acids is 2. The van der Waals surface area contributed by atoms with Crippen LogP contribution in [0.2, 0.25) is 0 Å². The Labute approximate surface area is 153 Å². The predicted octanol–water partition coefficient (Wildman–Crippen LogP) is 2.72. The van der Waals surface area contributed by atoms with E-state index in [0.29, 0.717) is 11.3 Å². The zero-order valence-corrected chi connectivity index (χ0v) is 15.7. The molecule has 0 saturated heterocycles. The molecule has 2 aromatic rings. The van der Waals surface area contributed by atoms with Gasteiger partial charge in [0, 0.05) is 11.3 Å². The molecule has 26 heavy (non-hydrogen) atoms. The average molecular weight is 375 g/mol. The van der Waals surface area contributed by atoms with E-state index < -0.39 is 22.1 Å².